The SMILES string of the molecule is CCc1cccc(-c2ccc(C(CC)(CC)c3ccc(C=CC(O)(C(F)(F)F)C(F)(F)F)c(C)c3)cc2C)c1. The van der Waals surface area contributed by atoms with Gasteiger partial charge in [-0.1, -0.05) is 87.5 Å². The second-order valence-electron chi connectivity index (χ2n) is 10.0. The Morgan fingerprint density at radius 3 is 1.77 bits per heavy atom. The quantitative estimate of drug-likeness (QED) is 0.278. The maximum atomic E-state index is 13.1. The molecule has 210 valence electrons. The summed E-state index contributed by atoms with van der Waals surface area (Å²) < 4.78 is 78.5. The lowest BCUT2D eigenvalue weighted by Crippen LogP contribution is -2.55. The van der Waals surface area contributed by atoms with Crippen LogP contribution in [0.1, 0.15) is 67.0 Å². The van der Waals surface area contributed by atoms with Crippen LogP contribution in [0.15, 0.2) is 66.7 Å². The topological polar surface area (TPSA) is 20.2 Å². The molecule has 7 heteroatoms. The van der Waals surface area contributed by atoms with Gasteiger partial charge in [0.15, 0.2) is 0 Å². The van der Waals surface area contributed by atoms with Crippen molar-refractivity contribution in [3.63, 3.8) is 0 Å². The van der Waals surface area contributed by atoms with Crippen LogP contribution in [0, 0.1) is 13.8 Å². The molecule has 1 N–H and O–H groups in total. The summed E-state index contributed by atoms with van der Waals surface area (Å²) in [4.78, 5) is 0. The maximum absolute atomic E-state index is 13.1. The Kier molecular flexibility index (Phi) is 8.76. The third-order valence-corrected chi connectivity index (χ3v) is 7.82. The van der Waals surface area contributed by atoms with E-state index in [4.69, 9.17) is 0 Å². The van der Waals surface area contributed by atoms with Crippen LogP contribution in [0.25, 0.3) is 17.2 Å². The summed E-state index contributed by atoms with van der Waals surface area (Å²) in [5.74, 6) is 0. The number of halogens is 6. The van der Waals surface area contributed by atoms with Gasteiger partial charge in [-0.15, -0.1) is 0 Å². The molecule has 0 saturated heterocycles. The summed E-state index contributed by atoms with van der Waals surface area (Å²) in [6.45, 7) is 9.94. The van der Waals surface area contributed by atoms with Crippen LogP contribution in [-0.4, -0.2) is 23.1 Å². The van der Waals surface area contributed by atoms with Crippen LogP contribution in [-0.2, 0) is 11.8 Å². The van der Waals surface area contributed by atoms with E-state index >= 15 is 0 Å². The zero-order valence-corrected chi connectivity index (χ0v) is 22.8. The Labute approximate surface area is 226 Å². The van der Waals surface area contributed by atoms with Crippen molar-refractivity contribution in [1.29, 1.82) is 0 Å². The second-order valence-corrected chi connectivity index (χ2v) is 10.0. The highest BCUT2D eigenvalue weighted by Gasteiger charge is 2.68. The predicted molar refractivity (Wildman–Crippen MR) is 145 cm³/mol. The maximum Gasteiger partial charge on any atom is 0.430 e. The first-order chi connectivity index (χ1) is 18.1. The molecule has 0 heterocycles. The van der Waals surface area contributed by atoms with Gasteiger partial charge in [-0.05, 0) is 83.7 Å². The van der Waals surface area contributed by atoms with E-state index in [-0.39, 0.29) is 11.6 Å². The van der Waals surface area contributed by atoms with Gasteiger partial charge in [-0.25, -0.2) is 0 Å². The summed E-state index contributed by atoms with van der Waals surface area (Å²) in [7, 11) is 0. The third-order valence-electron chi connectivity index (χ3n) is 7.82. The number of benzene rings is 3. The highest BCUT2D eigenvalue weighted by atomic mass is 19.4. The smallest absolute Gasteiger partial charge is 0.370 e. The number of hydrogen-bond acceptors (Lipinski definition) is 1. The molecule has 0 atom stereocenters. The molecular weight excluding hydrogens is 514 g/mol. The summed E-state index contributed by atoms with van der Waals surface area (Å²) >= 11 is 0. The first kappa shape index (κ1) is 30.5. The van der Waals surface area contributed by atoms with Crippen molar-refractivity contribution in [2.75, 3.05) is 0 Å². The van der Waals surface area contributed by atoms with Crippen molar-refractivity contribution in [2.24, 2.45) is 0 Å². The number of rotatable bonds is 8. The lowest BCUT2D eigenvalue weighted by Gasteiger charge is -2.34. The number of aryl methyl sites for hydroxylation is 3. The molecule has 0 spiro atoms. The molecule has 0 radical (unpaired) electrons. The molecule has 39 heavy (non-hydrogen) atoms. The molecular formula is C32H34F6O. The normalized spacial score (nSPS) is 13.3. The first-order valence-electron chi connectivity index (χ1n) is 13.0. The zero-order valence-electron chi connectivity index (χ0n) is 22.8. The van der Waals surface area contributed by atoms with Gasteiger partial charge in [0.1, 0.15) is 0 Å². The highest BCUT2D eigenvalue weighted by molar-refractivity contribution is 5.69. The molecule has 0 saturated carbocycles. The molecule has 0 aliphatic heterocycles. The molecule has 3 rings (SSSR count). The van der Waals surface area contributed by atoms with Crippen LogP contribution in [0.4, 0.5) is 26.3 Å². The van der Waals surface area contributed by atoms with E-state index in [0.717, 1.165) is 47.1 Å². The van der Waals surface area contributed by atoms with Crippen molar-refractivity contribution in [2.45, 2.75) is 77.2 Å². The van der Waals surface area contributed by atoms with Crippen LogP contribution in [0.2, 0.25) is 0 Å². The predicted octanol–water partition coefficient (Wildman–Crippen LogP) is 9.51. The lowest BCUT2D eigenvalue weighted by atomic mass is 9.69. The number of hydrogen-bond donors (Lipinski definition) is 1. The van der Waals surface area contributed by atoms with Gasteiger partial charge < -0.3 is 5.11 Å². The van der Waals surface area contributed by atoms with Gasteiger partial charge in [0.05, 0.1) is 0 Å². The second kappa shape index (κ2) is 11.2. The Morgan fingerprint density at radius 2 is 1.28 bits per heavy atom. The monoisotopic (exact) mass is 548 g/mol. The third kappa shape index (κ3) is 5.79. The lowest BCUT2D eigenvalue weighted by molar-refractivity contribution is -0.347. The van der Waals surface area contributed by atoms with Crippen LogP contribution in [0.5, 0.6) is 0 Å². The molecule has 0 bridgehead atoms. The van der Waals surface area contributed by atoms with E-state index in [1.54, 1.807) is 19.1 Å². The highest BCUT2D eigenvalue weighted by Crippen LogP contribution is 2.45. The minimum absolute atomic E-state index is 0.161. The molecule has 0 aliphatic rings. The molecule has 3 aromatic rings. The first-order valence-corrected chi connectivity index (χ1v) is 13.0. The summed E-state index contributed by atoms with van der Waals surface area (Å²) in [6, 6.07) is 19.8. The van der Waals surface area contributed by atoms with Crippen molar-refractivity contribution in [3.05, 3.63) is 100 Å². The van der Waals surface area contributed by atoms with Crippen LogP contribution < -0.4 is 0 Å². The van der Waals surface area contributed by atoms with E-state index in [1.165, 1.54) is 11.6 Å². The average molecular weight is 549 g/mol. The van der Waals surface area contributed by atoms with E-state index in [9.17, 15) is 31.4 Å². The van der Waals surface area contributed by atoms with Crippen molar-refractivity contribution in [3.8, 4) is 11.1 Å². The Hall–Kier alpha value is -3.06. The summed E-state index contributed by atoms with van der Waals surface area (Å²) in [6.07, 6.45) is -8.93. The van der Waals surface area contributed by atoms with E-state index < -0.39 is 23.4 Å². The number of alkyl halides is 6. The van der Waals surface area contributed by atoms with Crippen molar-refractivity contribution < 1.29 is 31.4 Å². The van der Waals surface area contributed by atoms with Crippen LogP contribution in [0.3, 0.4) is 0 Å². The zero-order chi connectivity index (χ0) is 29.2. The van der Waals surface area contributed by atoms with E-state index in [1.807, 2.05) is 6.07 Å². The van der Waals surface area contributed by atoms with E-state index in [2.05, 4.69) is 64.1 Å². The summed E-state index contributed by atoms with van der Waals surface area (Å²) in [5.41, 5.74) is 1.98. The fourth-order valence-electron chi connectivity index (χ4n) is 5.20. The van der Waals surface area contributed by atoms with Gasteiger partial charge >= 0.3 is 12.4 Å². The fourth-order valence-corrected chi connectivity index (χ4v) is 5.20. The van der Waals surface area contributed by atoms with Crippen molar-refractivity contribution >= 4 is 6.08 Å². The van der Waals surface area contributed by atoms with Crippen LogP contribution >= 0.6 is 0 Å². The fraction of sp³-hybridized carbons (Fsp3) is 0.375. The average Bonchev–Trinajstić information content (AvgIpc) is 2.88. The minimum Gasteiger partial charge on any atom is -0.370 e. The molecule has 0 aliphatic carbocycles. The van der Waals surface area contributed by atoms with Gasteiger partial charge in [0, 0.05) is 5.41 Å². The van der Waals surface area contributed by atoms with Gasteiger partial charge in [-0.2, -0.15) is 26.3 Å². The Balaban J connectivity index is 2.03. The molecule has 0 fully saturated rings. The number of aliphatic hydroxyl groups is 1. The standard InChI is InChI=1S/C32H34F6O/c1-6-23-10-9-11-25(20-23)28-15-14-27(19-22(28)5)29(7-2,8-3)26-13-12-24(21(4)18-26)16-17-30(39,31(33,34)35)32(36,37)38/h9-20,39H,6-8H2,1-5H3. The molecule has 0 aromatic heterocycles. The molecule has 3 aromatic carbocycles. The van der Waals surface area contributed by atoms with Gasteiger partial charge in [0.25, 0.3) is 5.60 Å². The largest absolute Gasteiger partial charge is 0.430 e. The Morgan fingerprint density at radius 1 is 0.718 bits per heavy atom. The van der Waals surface area contributed by atoms with E-state index in [0.29, 0.717) is 11.6 Å². The van der Waals surface area contributed by atoms with Crippen molar-refractivity contribution in [1.82, 2.24) is 0 Å². The molecule has 0 amide bonds. The van der Waals surface area contributed by atoms with Gasteiger partial charge in [-0.3, -0.25) is 0 Å². The minimum atomic E-state index is -5.91. The summed E-state index contributed by atoms with van der Waals surface area (Å²) in [5, 5.41) is 9.47. The molecule has 0 unspecified atom stereocenters. The van der Waals surface area contributed by atoms with Gasteiger partial charge in [0.2, 0.25) is 0 Å². The Bertz CT molecular complexity index is 1320. The molecule has 1 nitrogen and oxygen atoms in total.